The Morgan fingerprint density at radius 3 is 2.44 bits per heavy atom. The predicted molar refractivity (Wildman–Crippen MR) is 132 cm³/mol. The zero-order chi connectivity index (χ0) is 24.2. The van der Waals surface area contributed by atoms with E-state index in [1.807, 2.05) is 48.6 Å². The Kier molecular flexibility index (Phi) is 6.79. The molecule has 2 aromatic carbocycles. The van der Waals surface area contributed by atoms with Crippen LogP contribution in [0.15, 0.2) is 75.7 Å². The molecular weight excluding hydrogens is 452 g/mol. The smallest absolute Gasteiger partial charge is 0.338 e. The van der Waals surface area contributed by atoms with Crippen LogP contribution >= 0.6 is 11.3 Å². The summed E-state index contributed by atoms with van der Waals surface area (Å²) in [7, 11) is 4.45. The summed E-state index contributed by atoms with van der Waals surface area (Å²) in [6.07, 6.45) is 5.50. The highest BCUT2D eigenvalue weighted by atomic mass is 32.1. The topological polar surface area (TPSA) is 79.1 Å². The van der Waals surface area contributed by atoms with Crippen molar-refractivity contribution >= 4 is 29.5 Å². The van der Waals surface area contributed by atoms with Gasteiger partial charge in [0, 0.05) is 0 Å². The second kappa shape index (κ2) is 9.93. The van der Waals surface area contributed by atoms with Crippen molar-refractivity contribution in [2.24, 2.45) is 4.99 Å². The molecule has 1 atom stereocenters. The van der Waals surface area contributed by atoms with Crippen LogP contribution in [-0.2, 0) is 9.53 Å². The molecule has 0 fully saturated rings. The minimum Gasteiger partial charge on any atom is -0.493 e. The van der Waals surface area contributed by atoms with Crippen molar-refractivity contribution < 1.29 is 19.0 Å². The molecule has 0 unspecified atom stereocenters. The number of hydrogen-bond donors (Lipinski definition) is 0. The molecule has 7 nitrogen and oxygen atoms in total. The summed E-state index contributed by atoms with van der Waals surface area (Å²) in [5.41, 5.74) is 2.35. The molecule has 0 spiro atoms. The van der Waals surface area contributed by atoms with Crippen molar-refractivity contribution in [3.05, 3.63) is 96.7 Å². The van der Waals surface area contributed by atoms with Crippen LogP contribution in [0.3, 0.4) is 0 Å². The van der Waals surface area contributed by atoms with Gasteiger partial charge in [-0.2, -0.15) is 0 Å². The summed E-state index contributed by atoms with van der Waals surface area (Å²) in [5.74, 6) is 0.653. The maximum absolute atomic E-state index is 13.5. The number of aromatic nitrogens is 1. The second-order valence-corrected chi connectivity index (χ2v) is 8.51. The van der Waals surface area contributed by atoms with Crippen LogP contribution in [0.5, 0.6) is 11.5 Å². The van der Waals surface area contributed by atoms with E-state index in [2.05, 4.69) is 4.99 Å². The third-order valence-corrected chi connectivity index (χ3v) is 6.43. The number of benzene rings is 2. The molecule has 2 heterocycles. The lowest BCUT2D eigenvalue weighted by atomic mass is 10.0. The number of fused-ring (bicyclic) bond motifs is 1. The fraction of sp³-hybridized carbons (Fsp3) is 0.192. The molecular formula is C26H24N2O5S. The van der Waals surface area contributed by atoms with E-state index in [9.17, 15) is 9.59 Å². The van der Waals surface area contributed by atoms with E-state index in [4.69, 9.17) is 14.2 Å². The first kappa shape index (κ1) is 23.3. The van der Waals surface area contributed by atoms with Gasteiger partial charge < -0.3 is 14.2 Å². The third kappa shape index (κ3) is 4.45. The van der Waals surface area contributed by atoms with Crippen molar-refractivity contribution in [3.8, 4) is 11.5 Å². The van der Waals surface area contributed by atoms with E-state index in [1.54, 1.807) is 39.4 Å². The Morgan fingerprint density at radius 1 is 1.03 bits per heavy atom. The van der Waals surface area contributed by atoms with Crippen molar-refractivity contribution in [3.63, 3.8) is 0 Å². The molecule has 0 saturated carbocycles. The van der Waals surface area contributed by atoms with Gasteiger partial charge in [0.25, 0.3) is 5.56 Å². The largest absolute Gasteiger partial charge is 0.493 e. The minimum absolute atomic E-state index is 0.241. The van der Waals surface area contributed by atoms with Crippen molar-refractivity contribution in [2.75, 3.05) is 21.3 Å². The van der Waals surface area contributed by atoms with Gasteiger partial charge in [-0.05, 0) is 36.3 Å². The fourth-order valence-corrected chi connectivity index (χ4v) is 4.83. The van der Waals surface area contributed by atoms with E-state index < -0.39 is 12.0 Å². The van der Waals surface area contributed by atoms with Crippen molar-refractivity contribution in [2.45, 2.75) is 13.0 Å². The summed E-state index contributed by atoms with van der Waals surface area (Å²) >= 11 is 1.27. The Hall–Kier alpha value is -3.91. The van der Waals surface area contributed by atoms with Gasteiger partial charge in [-0.3, -0.25) is 9.36 Å². The number of rotatable bonds is 6. The molecule has 1 aliphatic heterocycles. The van der Waals surface area contributed by atoms with Crippen LogP contribution < -0.4 is 24.4 Å². The Morgan fingerprint density at radius 2 is 1.76 bits per heavy atom. The Labute approximate surface area is 200 Å². The molecule has 3 aromatic rings. The van der Waals surface area contributed by atoms with Gasteiger partial charge in [-0.25, -0.2) is 9.79 Å². The van der Waals surface area contributed by atoms with Gasteiger partial charge in [0.2, 0.25) is 0 Å². The normalized spacial score (nSPS) is 15.8. The highest BCUT2D eigenvalue weighted by molar-refractivity contribution is 7.07. The number of nitrogens with zero attached hydrogens (tertiary/aromatic N) is 2. The van der Waals surface area contributed by atoms with Gasteiger partial charge in [0.15, 0.2) is 16.3 Å². The van der Waals surface area contributed by atoms with Gasteiger partial charge >= 0.3 is 5.97 Å². The van der Waals surface area contributed by atoms with Gasteiger partial charge in [-0.1, -0.05) is 59.9 Å². The number of carbonyl (C=O) groups excluding carboxylic acids is 1. The lowest BCUT2D eigenvalue weighted by Crippen LogP contribution is -2.38. The number of esters is 1. The summed E-state index contributed by atoms with van der Waals surface area (Å²) in [4.78, 5) is 31.2. The maximum atomic E-state index is 13.5. The molecule has 174 valence electrons. The van der Waals surface area contributed by atoms with Crippen LogP contribution in [0, 0.1) is 0 Å². The van der Waals surface area contributed by atoms with Crippen molar-refractivity contribution in [1.29, 1.82) is 0 Å². The fourth-order valence-electron chi connectivity index (χ4n) is 3.78. The Balaban J connectivity index is 1.86. The highest BCUT2D eigenvalue weighted by Gasteiger charge is 2.30. The second-order valence-electron chi connectivity index (χ2n) is 7.50. The molecule has 0 N–H and O–H groups in total. The zero-order valence-electron chi connectivity index (χ0n) is 19.3. The number of ether oxygens (including phenoxy) is 3. The number of thiazole rings is 1. The molecule has 0 aliphatic carbocycles. The van der Waals surface area contributed by atoms with E-state index in [1.165, 1.54) is 23.0 Å². The number of hydrogen-bond acceptors (Lipinski definition) is 7. The number of carbonyl (C=O) groups is 1. The first-order chi connectivity index (χ1) is 16.5. The van der Waals surface area contributed by atoms with E-state index in [-0.39, 0.29) is 5.56 Å². The van der Waals surface area contributed by atoms with Crippen LogP contribution in [0.25, 0.3) is 12.2 Å². The summed E-state index contributed by atoms with van der Waals surface area (Å²) in [6, 6.07) is 14.5. The quantitative estimate of drug-likeness (QED) is 0.511. The summed E-state index contributed by atoms with van der Waals surface area (Å²) < 4.78 is 17.7. The standard InChI is InChI=1S/C26H24N2O5S/c1-16-23(25(30)33-4)19(12-10-17-8-6-5-7-9-17)28-24(29)22(34-26(28)27-16)15-18-11-13-20(31-2)21(14-18)32-3/h5-15,19H,1-4H3/b12-10+,22-15+/t19-/m0/s1. The number of methoxy groups -OCH3 is 3. The average molecular weight is 477 g/mol. The molecule has 0 saturated heterocycles. The van der Waals surface area contributed by atoms with Crippen LogP contribution in [0.4, 0.5) is 0 Å². The molecule has 1 aliphatic rings. The van der Waals surface area contributed by atoms with Crippen LogP contribution in [-0.4, -0.2) is 31.9 Å². The Bertz CT molecular complexity index is 1470. The molecule has 0 bridgehead atoms. The zero-order valence-corrected chi connectivity index (χ0v) is 20.1. The SMILES string of the molecule is COC(=O)C1=C(C)N=c2s/c(=C/c3ccc(OC)c(OC)c3)c(=O)n2[C@H]1/C=C/c1ccccc1. The number of allylic oxidation sites excluding steroid dienone is 2. The minimum atomic E-state index is -0.642. The summed E-state index contributed by atoms with van der Waals surface area (Å²) in [6.45, 7) is 1.75. The first-order valence-corrected chi connectivity index (χ1v) is 11.3. The molecule has 4 rings (SSSR count). The maximum Gasteiger partial charge on any atom is 0.338 e. The van der Waals surface area contributed by atoms with E-state index >= 15 is 0 Å². The van der Waals surface area contributed by atoms with Crippen LogP contribution in [0.1, 0.15) is 24.1 Å². The predicted octanol–water partition coefficient (Wildman–Crippen LogP) is 3.09. The van der Waals surface area contributed by atoms with E-state index in [0.717, 1.165) is 11.1 Å². The average Bonchev–Trinajstić information content (AvgIpc) is 3.16. The molecule has 1 aromatic heterocycles. The van der Waals surface area contributed by atoms with Gasteiger partial charge in [-0.15, -0.1) is 0 Å². The lowest BCUT2D eigenvalue weighted by Gasteiger charge is -2.21. The van der Waals surface area contributed by atoms with E-state index in [0.29, 0.717) is 32.1 Å². The molecule has 0 radical (unpaired) electrons. The van der Waals surface area contributed by atoms with Crippen LogP contribution in [0.2, 0.25) is 0 Å². The van der Waals surface area contributed by atoms with Crippen molar-refractivity contribution in [1.82, 2.24) is 4.57 Å². The molecule has 8 heteroatoms. The molecule has 34 heavy (non-hydrogen) atoms. The lowest BCUT2D eigenvalue weighted by molar-refractivity contribution is -0.136. The first-order valence-electron chi connectivity index (χ1n) is 10.5. The highest BCUT2D eigenvalue weighted by Crippen LogP contribution is 2.28. The summed E-state index contributed by atoms with van der Waals surface area (Å²) in [5, 5.41) is 0. The molecule has 0 amide bonds. The monoisotopic (exact) mass is 476 g/mol. The van der Waals surface area contributed by atoms with Gasteiger partial charge in [0.05, 0.1) is 43.2 Å². The third-order valence-electron chi connectivity index (χ3n) is 5.45. The van der Waals surface area contributed by atoms with Gasteiger partial charge in [0.1, 0.15) is 0 Å².